The van der Waals surface area contributed by atoms with E-state index in [-0.39, 0.29) is 20.6 Å². The Morgan fingerprint density at radius 3 is 2.44 bits per heavy atom. The Labute approximate surface area is 154 Å². The molecule has 10 heteroatoms. The summed E-state index contributed by atoms with van der Waals surface area (Å²) in [7, 11) is -3.99. The quantitative estimate of drug-likeness (QED) is 0.573. The third-order valence-electron chi connectivity index (χ3n) is 3.56. The number of aromatic nitrogens is 3. The van der Waals surface area contributed by atoms with Crippen LogP contribution in [0.3, 0.4) is 0 Å². The van der Waals surface area contributed by atoms with Crippen molar-refractivity contribution in [2.45, 2.75) is 14.9 Å². The van der Waals surface area contributed by atoms with Crippen molar-refractivity contribution in [2.75, 3.05) is 6.26 Å². The highest BCUT2D eigenvalue weighted by Gasteiger charge is 2.24. The summed E-state index contributed by atoms with van der Waals surface area (Å²) >= 11 is 3.24. The summed E-state index contributed by atoms with van der Waals surface area (Å²) in [5, 5.41) is 0.443. The molecule has 0 aliphatic rings. The highest BCUT2D eigenvalue weighted by molar-refractivity contribution is 9.10. The average Bonchev–Trinajstić information content (AvgIpc) is 2.58. The van der Waals surface area contributed by atoms with Crippen LogP contribution in [0.25, 0.3) is 11.0 Å². The number of hydrogen-bond donors (Lipinski definition) is 0. The van der Waals surface area contributed by atoms with Crippen LogP contribution in [0, 0.1) is 0 Å². The van der Waals surface area contributed by atoms with E-state index in [0.717, 1.165) is 9.04 Å². The first-order valence-corrected chi connectivity index (χ1v) is 10.8. The molecule has 0 saturated heterocycles. The van der Waals surface area contributed by atoms with Crippen molar-refractivity contribution in [2.24, 2.45) is 7.05 Å². The van der Waals surface area contributed by atoms with Gasteiger partial charge in [-0.15, -0.1) is 0 Å². The summed E-state index contributed by atoms with van der Waals surface area (Å²) in [5.41, 5.74) is -0.484. The molecule has 0 N–H and O–H groups in total. The van der Waals surface area contributed by atoms with E-state index in [1.165, 1.54) is 37.7 Å². The number of hydrogen-bond acceptors (Lipinski definition) is 6. The fourth-order valence-electron chi connectivity index (χ4n) is 2.27. The Balaban J connectivity index is 2.29. The van der Waals surface area contributed by atoms with Gasteiger partial charge in [-0.05, 0) is 30.3 Å². The van der Waals surface area contributed by atoms with Gasteiger partial charge in [0.2, 0.25) is 15.0 Å². The number of pyridine rings is 1. The minimum absolute atomic E-state index is 0.0133. The topological polar surface area (TPSA) is 99.0 Å². The zero-order valence-corrected chi connectivity index (χ0v) is 16.4. The molecule has 7 nitrogen and oxygen atoms in total. The second-order valence-electron chi connectivity index (χ2n) is 5.22. The van der Waals surface area contributed by atoms with Crippen molar-refractivity contribution >= 4 is 47.6 Å². The molecule has 3 aromatic rings. The van der Waals surface area contributed by atoms with Gasteiger partial charge in [0.25, 0.3) is 5.56 Å². The first kappa shape index (κ1) is 17.9. The van der Waals surface area contributed by atoms with Crippen molar-refractivity contribution in [1.29, 1.82) is 0 Å². The molecular weight excluding hydrogens is 430 g/mol. The maximum atomic E-state index is 12.8. The molecule has 130 valence electrons. The van der Waals surface area contributed by atoms with Gasteiger partial charge in [0.1, 0.15) is 10.5 Å². The molecule has 1 atom stereocenters. The molecule has 2 heterocycles. The summed E-state index contributed by atoms with van der Waals surface area (Å²) in [6.07, 6.45) is 2.78. The van der Waals surface area contributed by atoms with Crippen LogP contribution < -0.4 is 5.56 Å². The normalized spacial score (nSPS) is 13.1. The van der Waals surface area contributed by atoms with Crippen molar-refractivity contribution in [3.63, 3.8) is 0 Å². The van der Waals surface area contributed by atoms with E-state index in [1.807, 2.05) is 0 Å². The first-order chi connectivity index (χ1) is 11.7. The van der Waals surface area contributed by atoms with Crippen molar-refractivity contribution in [3.05, 3.63) is 51.4 Å². The molecule has 2 aromatic heterocycles. The molecule has 0 spiro atoms. The van der Waals surface area contributed by atoms with Gasteiger partial charge in [-0.25, -0.2) is 18.4 Å². The molecule has 0 amide bonds. The summed E-state index contributed by atoms with van der Waals surface area (Å²) in [5.74, 6) is 0. The first-order valence-electron chi connectivity index (χ1n) is 6.92. The standard InChI is InChI=1S/C15H12BrN3O4S2/c1-19-13-9(8-17-15(18-13)24(2)21)7-12(14(19)20)25(22,23)11-5-3-10(16)4-6-11/h3-8H,1-2H3. The number of rotatable bonds is 3. The van der Waals surface area contributed by atoms with Gasteiger partial charge in [0, 0.05) is 29.4 Å². The second kappa shape index (κ2) is 6.43. The average molecular weight is 442 g/mol. The molecule has 0 saturated carbocycles. The number of aryl methyl sites for hydroxylation is 1. The van der Waals surface area contributed by atoms with Crippen LogP contribution in [0.1, 0.15) is 0 Å². The van der Waals surface area contributed by atoms with Crippen LogP contribution >= 0.6 is 15.9 Å². The van der Waals surface area contributed by atoms with Crippen LogP contribution in [0.15, 0.2) is 60.7 Å². The van der Waals surface area contributed by atoms with Crippen molar-refractivity contribution in [3.8, 4) is 0 Å². The van der Waals surface area contributed by atoms with Gasteiger partial charge in [0.05, 0.1) is 15.7 Å². The Morgan fingerprint density at radius 2 is 1.84 bits per heavy atom. The molecule has 0 radical (unpaired) electrons. The number of halogens is 1. The minimum atomic E-state index is -4.00. The number of sulfone groups is 1. The number of nitrogens with zero attached hydrogens (tertiary/aromatic N) is 3. The van der Waals surface area contributed by atoms with Crippen LogP contribution in [0.5, 0.6) is 0 Å². The molecule has 0 fully saturated rings. The summed E-state index contributed by atoms with van der Waals surface area (Å²) in [6, 6.07) is 7.26. The molecule has 1 aromatic carbocycles. The smallest absolute Gasteiger partial charge is 0.271 e. The Hall–Kier alpha value is -1.91. The predicted octanol–water partition coefficient (Wildman–Crippen LogP) is 1.66. The zero-order valence-electron chi connectivity index (χ0n) is 13.1. The van der Waals surface area contributed by atoms with E-state index < -0.39 is 26.2 Å². The maximum Gasteiger partial charge on any atom is 0.271 e. The van der Waals surface area contributed by atoms with Crippen molar-refractivity contribution in [1.82, 2.24) is 14.5 Å². The Kier molecular flexibility index (Phi) is 4.60. The maximum absolute atomic E-state index is 12.8. The largest absolute Gasteiger partial charge is 0.295 e. The second-order valence-corrected chi connectivity index (χ2v) is 9.32. The summed E-state index contributed by atoms with van der Waals surface area (Å²) in [4.78, 5) is 20.3. The van der Waals surface area contributed by atoms with Crippen LogP contribution in [-0.4, -0.2) is 33.4 Å². The highest BCUT2D eigenvalue weighted by atomic mass is 79.9. The molecule has 1 unspecified atom stereocenters. The Morgan fingerprint density at radius 1 is 1.20 bits per heavy atom. The molecule has 25 heavy (non-hydrogen) atoms. The van der Waals surface area contributed by atoms with Gasteiger partial charge in [-0.3, -0.25) is 13.6 Å². The van der Waals surface area contributed by atoms with E-state index in [0.29, 0.717) is 5.39 Å². The highest BCUT2D eigenvalue weighted by Crippen LogP contribution is 2.22. The van der Waals surface area contributed by atoms with Crippen LogP contribution in [0.2, 0.25) is 0 Å². The third-order valence-corrected chi connectivity index (χ3v) is 6.57. The molecule has 0 aliphatic heterocycles. The predicted molar refractivity (Wildman–Crippen MR) is 96.7 cm³/mol. The zero-order chi connectivity index (χ0) is 18.4. The van der Waals surface area contributed by atoms with Crippen LogP contribution in [0.4, 0.5) is 0 Å². The van der Waals surface area contributed by atoms with E-state index >= 15 is 0 Å². The molecule has 0 aliphatic carbocycles. The molecular formula is C15H12BrN3O4S2. The van der Waals surface area contributed by atoms with E-state index in [1.54, 1.807) is 12.1 Å². The minimum Gasteiger partial charge on any atom is -0.295 e. The third kappa shape index (κ3) is 3.16. The van der Waals surface area contributed by atoms with E-state index in [9.17, 15) is 17.4 Å². The summed E-state index contributed by atoms with van der Waals surface area (Å²) in [6.45, 7) is 0. The fraction of sp³-hybridized carbons (Fsp3) is 0.133. The molecule has 0 bridgehead atoms. The lowest BCUT2D eigenvalue weighted by atomic mass is 10.3. The van der Waals surface area contributed by atoms with E-state index in [4.69, 9.17) is 0 Å². The van der Waals surface area contributed by atoms with Gasteiger partial charge < -0.3 is 0 Å². The SMILES string of the molecule is Cn1c(=O)c(S(=O)(=O)c2ccc(Br)cc2)cc2cnc(S(C)=O)nc21. The van der Waals surface area contributed by atoms with Gasteiger partial charge in [-0.2, -0.15) is 0 Å². The van der Waals surface area contributed by atoms with Gasteiger partial charge in [-0.1, -0.05) is 15.9 Å². The lowest BCUT2D eigenvalue weighted by molar-refractivity contribution is 0.593. The lowest BCUT2D eigenvalue weighted by Gasteiger charge is -2.09. The molecule has 3 rings (SSSR count). The summed E-state index contributed by atoms with van der Waals surface area (Å²) < 4.78 is 39.0. The van der Waals surface area contributed by atoms with Crippen LogP contribution in [-0.2, 0) is 27.7 Å². The van der Waals surface area contributed by atoms with Gasteiger partial charge >= 0.3 is 0 Å². The fourth-order valence-corrected chi connectivity index (χ4v) is 4.35. The van der Waals surface area contributed by atoms with Gasteiger partial charge in [0.15, 0.2) is 0 Å². The Bertz CT molecular complexity index is 1170. The van der Waals surface area contributed by atoms with E-state index in [2.05, 4.69) is 25.9 Å². The monoisotopic (exact) mass is 441 g/mol. The number of fused-ring (bicyclic) bond motifs is 1. The lowest BCUT2D eigenvalue weighted by Crippen LogP contribution is -2.25. The number of benzene rings is 1. The van der Waals surface area contributed by atoms with Crippen molar-refractivity contribution < 1.29 is 12.6 Å².